The van der Waals surface area contributed by atoms with Gasteiger partial charge in [-0.15, -0.1) is 0 Å². The first-order valence-corrected chi connectivity index (χ1v) is 7.04. The van der Waals surface area contributed by atoms with Gasteiger partial charge in [-0.1, -0.05) is 18.2 Å². The third kappa shape index (κ3) is 3.42. The molecule has 0 spiro atoms. The van der Waals surface area contributed by atoms with Crippen LogP contribution in [0.3, 0.4) is 0 Å². The summed E-state index contributed by atoms with van der Waals surface area (Å²) < 4.78 is 14.7. The maximum absolute atomic E-state index is 10.5. The van der Waals surface area contributed by atoms with E-state index in [2.05, 4.69) is 9.51 Å². The Morgan fingerprint density at radius 2 is 1.95 bits per heavy atom. The Balaban J connectivity index is 2.15. The number of aromatic amines is 1. The Morgan fingerprint density at radius 3 is 2.63 bits per heavy atom. The van der Waals surface area contributed by atoms with E-state index in [9.17, 15) is 14.8 Å². The highest BCUT2D eigenvalue weighted by Crippen LogP contribution is 2.36. The molecule has 0 aliphatic rings. The summed E-state index contributed by atoms with van der Waals surface area (Å²) in [5, 5.41) is 20.4. The van der Waals surface area contributed by atoms with E-state index < -0.39 is 26.6 Å². The molecule has 0 aliphatic carbocycles. The minimum atomic E-state index is -4.66. The van der Waals surface area contributed by atoms with Gasteiger partial charge in [0.1, 0.15) is 12.2 Å². The highest BCUT2D eigenvalue weighted by molar-refractivity contribution is 7.46. The molecular formula is C11H14NO6P. The van der Waals surface area contributed by atoms with Gasteiger partial charge in [0.2, 0.25) is 0 Å². The lowest BCUT2D eigenvalue weighted by Crippen LogP contribution is -2.23. The molecule has 0 bridgehead atoms. The lowest BCUT2D eigenvalue weighted by Gasteiger charge is -2.17. The molecule has 2 atom stereocenters. The Morgan fingerprint density at radius 1 is 1.26 bits per heavy atom. The van der Waals surface area contributed by atoms with Crippen molar-refractivity contribution in [2.45, 2.75) is 12.2 Å². The van der Waals surface area contributed by atoms with Crippen molar-refractivity contribution < 1.29 is 29.1 Å². The monoisotopic (exact) mass is 287 g/mol. The second kappa shape index (κ2) is 5.42. The van der Waals surface area contributed by atoms with Crippen LogP contribution in [0.25, 0.3) is 10.9 Å². The summed E-state index contributed by atoms with van der Waals surface area (Å²) >= 11 is 0. The molecule has 0 aliphatic heterocycles. The number of phosphoric ester groups is 1. The SMILES string of the molecule is O=P(O)(O)OC[C@H](O)[C@H](O)c1c[nH]c2ccccc12. The van der Waals surface area contributed by atoms with Crippen LogP contribution in [0.5, 0.6) is 0 Å². The first kappa shape index (κ1) is 14.2. The fraction of sp³-hybridized carbons (Fsp3) is 0.273. The lowest BCUT2D eigenvalue weighted by molar-refractivity contribution is -0.0143. The molecule has 2 rings (SSSR count). The Bertz CT molecular complexity index is 606. The van der Waals surface area contributed by atoms with Gasteiger partial charge >= 0.3 is 7.82 Å². The maximum Gasteiger partial charge on any atom is 0.469 e. The number of aliphatic hydroxyl groups excluding tert-OH is 2. The van der Waals surface area contributed by atoms with Gasteiger partial charge in [-0.2, -0.15) is 0 Å². The highest BCUT2D eigenvalue weighted by atomic mass is 31.2. The molecule has 5 N–H and O–H groups in total. The molecule has 0 saturated heterocycles. The van der Waals surface area contributed by atoms with Gasteiger partial charge in [-0.05, 0) is 6.07 Å². The number of para-hydroxylation sites is 1. The van der Waals surface area contributed by atoms with Gasteiger partial charge in [0, 0.05) is 22.7 Å². The summed E-state index contributed by atoms with van der Waals surface area (Å²) in [4.78, 5) is 20.0. The van der Waals surface area contributed by atoms with Crippen LogP contribution in [-0.4, -0.2) is 37.7 Å². The summed E-state index contributed by atoms with van der Waals surface area (Å²) in [6.07, 6.45) is -1.20. The predicted octanol–water partition coefficient (Wildman–Crippen LogP) is 0.671. The quantitative estimate of drug-likeness (QED) is 0.515. The fourth-order valence-corrected chi connectivity index (χ4v) is 2.16. The molecule has 0 amide bonds. The van der Waals surface area contributed by atoms with Crippen molar-refractivity contribution in [3.05, 3.63) is 36.0 Å². The third-order valence-electron chi connectivity index (χ3n) is 2.72. The van der Waals surface area contributed by atoms with E-state index >= 15 is 0 Å². The molecule has 0 radical (unpaired) electrons. The van der Waals surface area contributed by atoms with E-state index in [-0.39, 0.29) is 0 Å². The number of hydrogen-bond acceptors (Lipinski definition) is 4. The standard InChI is InChI=1S/C11H14NO6P/c13-10(6-18-19(15,16)17)11(14)8-5-12-9-4-2-1-3-7(8)9/h1-5,10-14H,6H2,(H2,15,16,17)/t10-,11+/m0/s1. The zero-order valence-electron chi connectivity index (χ0n) is 9.80. The zero-order chi connectivity index (χ0) is 14.0. The van der Waals surface area contributed by atoms with Crippen molar-refractivity contribution in [3.8, 4) is 0 Å². The highest BCUT2D eigenvalue weighted by Gasteiger charge is 2.25. The maximum atomic E-state index is 10.5. The number of aromatic nitrogens is 1. The first-order valence-electron chi connectivity index (χ1n) is 5.51. The summed E-state index contributed by atoms with van der Waals surface area (Å²) in [5.41, 5.74) is 1.23. The third-order valence-corrected chi connectivity index (χ3v) is 3.20. The Kier molecular flexibility index (Phi) is 4.05. The number of rotatable bonds is 5. The summed E-state index contributed by atoms with van der Waals surface area (Å²) in [7, 11) is -4.66. The molecule has 0 saturated carbocycles. The smallest absolute Gasteiger partial charge is 0.388 e. The molecule has 0 fully saturated rings. The number of fused-ring (bicyclic) bond motifs is 1. The predicted molar refractivity (Wildman–Crippen MR) is 67.3 cm³/mol. The minimum absolute atomic E-state index is 0.442. The normalized spacial score (nSPS) is 15.6. The fourth-order valence-electron chi connectivity index (χ4n) is 1.81. The van der Waals surface area contributed by atoms with Gasteiger partial charge in [-0.3, -0.25) is 4.52 Å². The largest absolute Gasteiger partial charge is 0.469 e. The first-order chi connectivity index (χ1) is 8.88. The van der Waals surface area contributed by atoms with Crippen molar-refractivity contribution in [2.24, 2.45) is 0 Å². The van der Waals surface area contributed by atoms with Crippen LogP contribution in [-0.2, 0) is 9.09 Å². The van der Waals surface area contributed by atoms with Gasteiger partial charge in [0.15, 0.2) is 0 Å². The average molecular weight is 287 g/mol. The van der Waals surface area contributed by atoms with Crippen LogP contribution < -0.4 is 0 Å². The summed E-state index contributed by atoms with van der Waals surface area (Å²) in [5.74, 6) is 0. The molecule has 0 unspecified atom stereocenters. The van der Waals surface area contributed by atoms with Gasteiger partial charge in [0.05, 0.1) is 6.61 Å². The molecule has 7 nitrogen and oxygen atoms in total. The van der Waals surface area contributed by atoms with E-state index in [1.165, 1.54) is 6.20 Å². The van der Waals surface area contributed by atoms with E-state index in [4.69, 9.17) is 9.79 Å². The van der Waals surface area contributed by atoms with Gasteiger partial charge in [-0.25, -0.2) is 4.57 Å². The summed E-state index contributed by atoms with van der Waals surface area (Å²) in [6.45, 7) is -0.662. The molecule has 1 aromatic carbocycles. The lowest BCUT2D eigenvalue weighted by atomic mass is 10.0. The molecule has 104 valence electrons. The van der Waals surface area contributed by atoms with Crippen LogP contribution in [0.15, 0.2) is 30.5 Å². The molecule has 1 aromatic heterocycles. The number of aliphatic hydroxyl groups is 2. The molecule has 8 heteroatoms. The van der Waals surface area contributed by atoms with Crippen molar-refractivity contribution in [3.63, 3.8) is 0 Å². The van der Waals surface area contributed by atoms with Gasteiger partial charge < -0.3 is 25.0 Å². The number of hydrogen-bond donors (Lipinski definition) is 5. The average Bonchev–Trinajstić information content (AvgIpc) is 2.78. The molecular weight excluding hydrogens is 273 g/mol. The van der Waals surface area contributed by atoms with E-state index in [1.54, 1.807) is 12.1 Å². The van der Waals surface area contributed by atoms with E-state index in [0.29, 0.717) is 5.56 Å². The minimum Gasteiger partial charge on any atom is -0.388 e. The van der Waals surface area contributed by atoms with Crippen molar-refractivity contribution in [1.29, 1.82) is 0 Å². The topological polar surface area (TPSA) is 123 Å². The van der Waals surface area contributed by atoms with Crippen LogP contribution in [0, 0.1) is 0 Å². The van der Waals surface area contributed by atoms with E-state index in [1.807, 2.05) is 12.1 Å². The second-order valence-corrected chi connectivity index (χ2v) is 5.33. The number of nitrogens with one attached hydrogen (secondary N) is 1. The number of phosphoric acid groups is 1. The molecule has 19 heavy (non-hydrogen) atoms. The van der Waals surface area contributed by atoms with Crippen molar-refractivity contribution >= 4 is 18.7 Å². The van der Waals surface area contributed by atoms with Crippen molar-refractivity contribution in [1.82, 2.24) is 4.98 Å². The Hall–Kier alpha value is -1.21. The zero-order valence-corrected chi connectivity index (χ0v) is 10.7. The number of H-pyrrole nitrogens is 1. The number of benzene rings is 1. The Labute approximate surface area is 108 Å². The van der Waals surface area contributed by atoms with Crippen molar-refractivity contribution in [2.75, 3.05) is 6.61 Å². The van der Waals surface area contributed by atoms with Crippen LogP contribution >= 0.6 is 7.82 Å². The summed E-state index contributed by atoms with van der Waals surface area (Å²) in [6, 6.07) is 7.18. The van der Waals surface area contributed by atoms with Crippen LogP contribution in [0.1, 0.15) is 11.7 Å². The second-order valence-electron chi connectivity index (χ2n) is 4.09. The van der Waals surface area contributed by atoms with Gasteiger partial charge in [0.25, 0.3) is 0 Å². The van der Waals surface area contributed by atoms with Crippen LogP contribution in [0.2, 0.25) is 0 Å². The molecule has 2 aromatic rings. The van der Waals surface area contributed by atoms with Crippen LogP contribution in [0.4, 0.5) is 0 Å². The molecule has 1 heterocycles. The van der Waals surface area contributed by atoms with E-state index in [0.717, 1.165) is 10.9 Å².